The van der Waals surface area contributed by atoms with Crippen molar-refractivity contribution in [3.63, 3.8) is 0 Å². The van der Waals surface area contributed by atoms with E-state index in [-0.39, 0.29) is 18.3 Å². The summed E-state index contributed by atoms with van der Waals surface area (Å²) in [7, 11) is 0. The maximum Gasteiger partial charge on any atom is 0.270 e. The van der Waals surface area contributed by atoms with Crippen LogP contribution in [0.1, 0.15) is 0 Å². The number of halogens is 1. The number of hydrogen-bond acceptors (Lipinski definition) is 5. The molecule has 2 aromatic rings. The molecule has 8 heteroatoms. The van der Waals surface area contributed by atoms with Crippen LogP contribution >= 0.6 is 0 Å². The number of rotatable bonds is 5. The number of nitrogens with zero attached hydrogens (tertiary/aromatic N) is 4. The van der Waals surface area contributed by atoms with Gasteiger partial charge in [0.15, 0.2) is 18.2 Å². The standard InChI is InChI=1S/C11H10FN5O2/c1-2-17-15-11(14-16-17)13-10(18)7-19-9-6-4-3-5-8(9)12/h2-6H,1,7H2,(H,13,15,18). The van der Waals surface area contributed by atoms with Crippen molar-refractivity contribution in [1.82, 2.24) is 20.2 Å². The van der Waals surface area contributed by atoms with Gasteiger partial charge in [0.25, 0.3) is 11.9 Å². The molecule has 7 nitrogen and oxygen atoms in total. The molecular formula is C11H10FN5O2. The molecule has 0 fully saturated rings. The van der Waals surface area contributed by atoms with Crippen molar-refractivity contribution in [1.29, 1.82) is 0 Å². The first-order valence-electron chi connectivity index (χ1n) is 5.28. The van der Waals surface area contributed by atoms with Crippen LogP contribution in [-0.2, 0) is 4.79 Å². The molecule has 0 spiro atoms. The SMILES string of the molecule is C=Cn1nnc(NC(=O)COc2ccccc2F)n1. The molecule has 0 saturated carbocycles. The molecule has 98 valence electrons. The molecule has 1 heterocycles. The van der Waals surface area contributed by atoms with E-state index in [1.807, 2.05) is 0 Å². The van der Waals surface area contributed by atoms with Crippen LogP contribution in [0, 0.1) is 5.82 Å². The number of nitrogens with one attached hydrogen (secondary N) is 1. The highest BCUT2D eigenvalue weighted by Gasteiger charge is 2.09. The zero-order valence-electron chi connectivity index (χ0n) is 9.78. The predicted molar refractivity (Wildman–Crippen MR) is 64.7 cm³/mol. The van der Waals surface area contributed by atoms with Crippen molar-refractivity contribution < 1.29 is 13.9 Å². The van der Waals surface area contributed by atoms with Gasteiger partial charge in [0, 0.05) is 6.20 Å². The summed E-state index contributed by atoms with van der Waals surface area (Å²) in [5, 5.41) is 13.2. The van der Waals surface area contributed by atoms with E-state index in [0.717, 1.165) is 4.80 Å². The van der Waals surface area contributed by atoms with Gasteiger partial charge < -0.3 is 4.74 Å². The van der Waals surface area contributed by atoms with E-state index in [1.165, 1.54) is 24.4 Å². The summed E-state index contributed by atoms with van der Waals surface area (Å²) in [4.78, 5) is 12.6. The van der Waals surface area contributed by atoms with Crippen molar-refractivity contribution in [2.45, 2.75) is 0 Å². The Morgan fingerprint density at radius 3 is 3.00 bits per heavy atom. The first-order valence-corrected chi connectivity index (χ1v) is 5.28. The topological polar surface area (TPSA) is 81.9 Å². The summed E-state index contributed by atoms with van der Waals surface area (Å²) >= 11 is 0. The van der Waals surface area contributed by atoms with Crippen molar-refractivity contribution in [2.24, 2.45) is 0 Å². The third-order valence-corrected chi connectivity index (χ3v) is 2.04. The van der Waals surface area contributed by atoms with Gasteiger partial charge in [0.1, 0.15) is 0 Å². The van der Waals surface area contributed by atoms with Crippen LogP contribution in [0.25, 0.3) is 6.20 Å². The minimum Gasteiger partial charge on any atom is -0.481 e. The molecule has 0 saturated heterocycles. The summed E-state index contributed by atoms with van der Waals surface area (Å²) < 4.78 is 18.2. The summed E-state index contributed by atoms with van der Waals surface area (Å²) in [6.45, 7) is 3.07. The van der Waals surface area contributed by atoms with E-state index in [0.29, 0.717) is 0 Å². The second kappa shape index (κ2) is 5.71. The molecule has 0 unspecified atom stereocenters. The largest absolute Gasteiger partial charge is 0.481 e. The first-order chi connectivity index (χ1) is 9.19. The molecule has 0 bridgehead atoms. The third-order valence-electron chi connectivity index (χ3n) is 2.04. The van der Waals surface area contributed by atoms with Gasteiger partial charge in [-0.1, -0.05) is 23.8 Å². The van der Waals surface area contributed by atoms with Crippen LogP contribution in [0.3, 0.4) is 0 Å². The van der Waals surface area contributed by atoms with Gasteiger partial charge >= 0.3 is 0 Å². The Hall–Kier alpha value is -2.77. The number of carbonyl (C=O) groups is 1. The van der Waals surface area contributed by atoms with E-state index < -0.39 is 11.7 Å². The number of benzene rings is 1. The Morgan fingerprint density at radius 2 is 2.32 bits per heavy atom. The van der Waals surface area contributed by atoms with Gasteiger partial charge in [0.05, 0.1) is 0 Å². The van der Waals surface area contributed by atoms with Gasteiger partial charge in [0.2, 0.25) is 0 Å². The number of tetrazole rings is 1. The van der Waals surface area contributed by atoms with Gasteiger partial charge in [-0.3, -0.25) is 10.1 Å². The maximum absolute atomic E-state index is 13.2. The van der Waals surface area contributed by atoms with Crippen LogP contribution in [0.15, 0.2) is 30.8 Å². The molecule has 1 aromatic carbocycles. The smallest absolute Gasteiger partial charge is 0.270 e. The Kier molecular flexibility index (Phi) is 3.81. The highest BCUT2D eigenvalue weighted by atomic mass is 19.1. The van der Waals surface area contributed by atoms with Gasteiger partial charge in [-0.2, -0.15) is 0 Å². The van der Waals surface area contributed by atoms with Crippen LogP contribution < -0.4 is 10.1 Å². The van der Waals surface area contributed by atoms with E-state index >= 15 is 0 Å². The second-order valence-corrected chi connectivity index (χ2v) is 3.38. The molecular weight excluding hydrogens is 253 g/mol. The second-order valence-electron chi connectivity index (χ2n) is 3.38. The quantitative estimate of drug-likeness (QED) is 0.867. The number of aromatic nitrogens is 4. The average molecular weight is 263 g/mol. The fourth-order valence-corrected chi connectivity index (χ4v) is 1.22. The number of amides is 1. The van der Waals surface area contributed by atoms with E-state index in [2.05, 4.69) is 27.3 Å². The molecule has 0 aliphatic carbocycles. The molecule has 19 heavy (non-hydrogen) atoms. The van der Waals surface area contributed by atoms with Crippen molar-refractivity contribution in [3.05, 3.63) is 36.7 Å². The highest BCUT2D eigenvalue weighted by molar-refractivity contribution is 5.90. The zero-order valence-corrected chi connectivity index (χ0v) is 9.78. The van der Waals surface area contributed by atoms with Crippen LogP contribution in [0.4, 0.5) is 10.3 Å². The Balaban J connectivity index is 1.88. The lowest BCUT2D eigenvalue weighted by atomic mass is 10.3. The molecule has 1 N–H and O–H groups in total. The number of anilines is 1. The molecule has 0 radical (unpaired) electrons. The van der Waals surface area contributed by atoms with Crippen LogP contribution in [0.2, 0.25) is 0 Å². The van der Waals surface area contributed by atoms with Crippen molar-refractivity contribution >= 4 is 18.1 Å². The average Bonchev–Trinajstić information content (AvgIpc) is 2.85. The number of para-hydroxylation sites is 1. The molecule has 1 aromatic heterocycles. The van der Waals surface area contributed by atoms with E-state index in [9.17, 15) is 9.18 Å². The van der Waals surface area contributed by atoms with Gasteiger partial charge in [-0.15, -0.1) is 9.90 Å². The van der Waals surface area contributed by atoms with Crippen LogP contribution in [-0.4, -0.2) is 32.7 Å². The summed E-state index contributed by atoms with van der Waals surface area (Å²) in [6.07, 6.45) is 1.32. The Bertz CT molecular complexity index is 598. The number of ether oxygens (including phenoxy) is 1. The molecule has 1 amide bonds. The Morgan fingerprint density at radius 1 is 1.53 bits per heavy atom. The monoisotopic (exact) mass is 263 g/mol. The minimum atomic E-state index is -0.536. The lowest BCUT2D eigenvalue weighted by Crippen LogP contribution is -2.21. The maximum atomic E-state index is 13.2. The molecule has 2 rings (SSSR count). The minimum absolute atomic E-state index is 0.000329. The van der Waals surface area contributed by atoms with E-state index in [4.69, 9.17) is 4.74 Å². The normalized spacial score (nSPS) is 9.95. The lowest BCUT2D eigenvalue weighted by Gasteiger charge is -2.05. The molecule has 0 atom stereocenters. The fraction of sp³-hybridized carbons (Fsp3) is 0.0909. The zero-order chi connectivity index (χ0) is 13.7. The summed E-state index contributed by atoms with van der Waals surface area (Å²) in [6, 6.07) is 5.80. The summed E-state index contributed by atoms with van der Waals surface area (Å²) in [5.74, 6) is -1.04. The van der Waals surface area contributed by atoms with Crippen molar-refractivity contribution in [2.75, 3.05) is 11.9 Å². The fourth-order valence-electron chi connectivity index (χ4n) is 1.22. The third kappa shape index (κ3) is 3.35. The van der Waals surface area contributed by atoms with Gasteiger partial charge in [-0.05, 0) is 17.3 Å². The number of carbonyl (C=O) groups excluding carboxylic acids is 1. The van der Waals surface area contributed by atoms with Crippen LogP contribution in [0.5, 0.6) is 5.75 Å². The first kappa shape index (κ1) is 12.7. The lowest BCUT2D eigenvalue weighted by molar-refractivity contribution is -0.118. The Labute approximate surface area is 107 Å². The van der Waals surface area contributed by atoms with Crippen molar-refractivity contribution in [3.8, 4) is 5.75 Å². The summed E-state index contributed by atoms with van der Waals surface area (Å²) in [5.41, 5.74) is 0. The number of hydrogen-bond donors (Lipinski definition) is 1. The van der Waals surface area contributed by atoms with Gasteiger partial charge in [-0.25, -0.2) is 4.39 Å². The van der Waals surface area contributed by atoms with E-state index in [1.54, 1.807) is 6.07 Å². The predicted octanol–water partition coefficient (Wildman–Crippen LogP) is 0.930. The highest BCUT2D eigenvalue weighted by Crippen LogP contribution is 2.14. The molecule has 0 aliphatic rings. The molecule has 0 aliphatic heterocycles.